The second-order valence-electron chi connectivity index (χ2n) is 4.65. The molecule has 2 aromatic heterocycles. The molecule has 0 bridgehead atoms. The summed E-state index contributed by atoms with van der Waals surface area (Å²) in [6, 6.07) is 1.95. The molecule has 3 rings (SSSR count). The highest BCUT2D eigenvalue weighted by Gasteiger charge is 2.17. The fraction of sp³-hybridized carbons (Fsp3) is 0.462. The van der Waals surface area contributed by atoms with Gasteiger partial charge >= 0.3 is 0 Å². The molecule has 0 radical (unpaired) electrons. The zero-order valence-electron chi connectivity index (χ0n) is 11.0. The van der Waals surface area contributed by atoms with Gasteiger partial charge in [-0.25, -0.2) is 0 Å². The van der Waals surface area contributed by atoms with E-state index < -0.39 is 0 Å². The molecule has 0 aliphatic carbocycles. The zero-order valence-corrected chi connectivity index (χ0v) is 11.9. The summed E-state index contributed by atoms with van der Waals surface area (Å²) < 4.78 is 5.19. The van der Waals surface area contributed by atoms with Crippen molar-refractivity contribution < 1.29 is 9.32 Å². The van der Waals surface area contributed by atoms with E-state index in [-0.39, 0.29) is 5.91 Å². The summed E-state index contributed by atoms with van der Waals surface area (Å²) in [4.78, 5) is 18.2. The van der Waals surface area contributed by atoms with Gasteiger partial charge in [-0.1, -0.05) is 5.16 Å². The van der Waals surface area contributed by atoms with E-state index in [1.807, 2.05) is 21.7 Å². The minimum Gasteiger partial charge on any atom is -0.340 e. The van der Waals surface area contributed by atoms with Gasteiger partial charge in [0.25, 0.3) is 0 Å². The molecule has 1 saturated heterocycles. The van der Waals surface area contributed by atoms with Gasteiger partial charge in [-0.3, -0.25) is 4.79 Å². The third-order valence-electron chi connectivity index (χ3n) is 3.27. The molecule has 0 unspecified atom stereocenters. The first-order valence-electron chi connectivity index (χ1n) is 6.66. The van der Waals surface area contributed by atoms with Crippen LogP contribution >= 0.6 is 11.3 Å². The monoisotopic (exact) mass is 292 g/mol. The number of amides is 1. The zero-order chi connectivity index (χ0) is 13.8. The molecular formula is C13H16N4O2S. The van der Waals surface area contributed by atoms with Crippen LogP contribution in [-0.4, -0.2) is 47.1 Å². The van der Waals surface area contributed by atoms with Crippen molar-refractivity contribution in [2.75, 3.05) is 26.2 Å². The second kappa shape index (κ2) is 6.15. The number of nitrogens with one attached hydrogen (secondary N) is 1. The molecule has 1 aliphatic heterocycles. The molecule has 0 atom stereocenters. The Morgan fingerprint density at radius 1 is 1.45 bits per heavy atom. The summed E-state index contributed by atoms with van der Waals surface area (Å²) in [5.74, 6) is 1.27. The number of carbonyl (C=O) groups is 1. The number of hydrogen-bond donors (Lipinski definition) is 1. The van der Waals surface area contributed by atoms with Crippen LogP contribution in [0, 0.1) is 0 Å². The smallest absolute Gasteiger partial charge is 0.227 e. The number of piperazine rings is 1. The highest BCUT2D eigenvalue weighted by Crippen LogP contribution is 2.19. The Balaban J connectivity index is 1.54. The van der Waals surface area contributed by atoms with Gasteiger partial charge in [0, 0.05) is 50.0 Å². The minimum atomic E-state index is 0.154. The van der Waals surface area contributed by atoms with Gasteiger partial charge in [-0.05, 0) is 11.4 Å². The van der Waals surface area contributed by atoms with E-state index >= 15 is 0 Å². The maximum atomic E-state index is 12.0. The highest BCUT2D eigenvalue weighted by atomic mass is 32.1. The SMILES string of the molecule is O=C(CCc1nc(-c2ccsc2)no1)N1CCNCC1. The van der Waals surface area contributed by atoms with E-state index in [2.05, 4.69) is 15.5 Å². The van der Waals surface area contributed by atoms with Crippen LogP contribution in [0.15, 0.2) is 21.3 Å². The molecule has 0 spiro atoms. The Morgan fingerprint density at radius 3 is 3.05 bits per heavy atom. The van der Waals surface area contributed by atoms with Gasteiger partial charge in [0.2, 0.25) is 17.6 Å². The first-order chi connectivity index (χ1) is 9.83. The quantitative estimate of drug-likeness (QED) is 0.915. The van der Waals surface area contributed by atoms with E-state index in [9.17, 15) is 4.79 Å². The van der Waals surface area contributed by atoms with Gasteiger partial charge in [-0.2, -0.15) is 16.3 Å². The second-order valence-corrected chi connectivity index (χ2v) is 5.43. The average Bonchev–Trinajstić information content (AvgIpc) is 3.16. The molecular weight excluding hydrogens is 276 g/mol. The van der Waals surface area contributed by atoms with Crippen LogP contribution in [0.25, 0.3) is 11.4 Å². The fourth-order valence-corrected chi connectivity index (χ4v) is 2.79. The van der Waals surface area contributed by atoms with Gasteiger partial charge < -0.3 is 14.7 Å². The van der Waals surface area contributed by atoms with Crippen molar-refractivity contribution >= 4 is 17.2 Å². The number of hydrogen-bond acceptors (Lipinski definition) is 6. The third kappa shape index (κ3) is 3.05. The van der Waals surface area contributed by atoms with E-state index in [1.54, 1.807) is 11.3 Å². The molecule has 1 fully saturated rings. The Hall–Kier alpha value is -1.73. The number of rotatable bonds is 4. The van der Waals surface area contributed by atoms with E-state index in [4.69, 9.17) is 4.52 Å². The van der Waals surface area contributed by atoms with Gasteiger partial charge in [0.05, 0.1) is 0 Å². The number of aromatic nitrogens is 2. The Labute approximate surface area is 120 Å². The van der Waals surface area contributed by atoms with E-state index in [0.717, 1.165) is 31.7 Å². The molecule has 20 heavy (non-hydrogen) atoms. The lowest BCUT2D eigenvalue weighted by atomic mass is 10.2. The molecule has 6 nitrogen and oxygen atoms in total. The maximum absolute atomic E-state index is 12.0. The van der Waals surface area contributed by atoms with Crippen LogP contribution in [0.4, 0.5) is 0 Å². The predicted molar refractivity (Wildman–Crippen MR) is 75.4 cm³/mol. The van der Waals surface area contributed by atoms with Crippen LogP contribution < -0.4 is 5.32 Å². The van der Waals surface area contributed by atoms with Crippen LogP contribution in [0.5, 0.6) is 0 Å². The number of aryl methyl sites for hydroxylation is 1. The summed E-state index contributed by atoms with van der Waals surface area (Å²) in [5, 5.41) is 11.1. The van der Waals surface area contributed by atoms with Crippen LogP contribution in [0.2, 0.25) is 0 Å². The number of nitrogens with zero attached hydrogens (tertiary/aromatic N) is 3. The molecule has 1 aliphatic rings. The molecule has 3 heterocycles. The van der Waals surface area contributed by atoms with Crippen molar-refractivity contribution in [3.8, 4) is 11.4 Å². The molecule has 1 amide bonds. The van der Waals surface area contributed by atoms with Crippen LogP contribution in [0.3, 0.4) is 0 Å². The predicted octanol–water partition coefficient (Wildman–Crippen LogP) is 1.16. The summed E-state index contributed by atoms with van der Waals surface area (Å²) >= 11 is 1.59. The lowest BCUT2D eigenvalue weighted by Gasteiger charge is -2.27. The van der Waals surface area contributed by atoms with Gasteiger partial charge in [-0.15, -0.1) is 0 Å². The molecule has 0 saturated carbocycles. The first kappa shape index (κ1) is 13.3. The average molecular weight is 292 g/mol. The topological polar surface area (TPSA) is 71.3 Å². The van der Waals surface area contributed by atoms with E-state index in [0.29, 0.717) is 24.6 Å². The standard InChI is InChI=1S/C13H16N4O2S/c18-12(17-6-4-14-5-7-17)2-1-11-15-13(16-19-11)10-3-8-20-9-10/h3,8-9,14H,1-2,4-7H2. The number of carbonyl (C=O) groups excluding carboxylic acids is 1. The maximum Gasteiger partial charge on any atom is 0.227 e. The van der Waals surface area contributed by atoms with Crippen molar-refractivity contribution in [2.45, 2.75) is 12.8 Å². The van der Waals surface area contributed by atoms with Crippen molar-refractivity contribution in [1.29, 1.82) is 0 Å². The fourth-order valence-electron chi connectivity index (χ4n) is 2.15. The third-order valence-corrected chi connectivity index (χ3v) is 3.95. The van der Waals surface area contributed by atoms with Crippen LogP contribution in [0.1, 0.15) is 12.3 Å². The van der Waals surface area contributed by atoms with Crippen molar-refractivity contribution in [3.63, 3.8) is 0 Å². The van der Waals surface area contributed by atoms with Crippen LogP contribution in [-0.2, 0) is 11.2 Å². The van der Waals surface area contributed by atoms with Crippen molar-refractivity contribution in [1.82, 2.24) is 20.4 Å². The van der Waals surface area contributed by atoms with Gasteiger partial charge in [0.1, 0.15) is 0 Å². The lowest BCUT2D eigenvalue weighted by Crippen LogP contribution is -2.46. The van der Waals surface area contributed by atoms with E-state index in [1.165, 1.54) is 0 Å². The van der Waals surface area contributed by atoms with Crippen molar-refractivity contribution in [2.24, 2.45) is 0 Å². The normalized spacial score (nSPS) is 15.5. The molecule has 0 aromatic carbocycles. The molecule has 2 aromatic rings. The summed E-state index contributed by atoms with van der Waals surface area (Å²) in [6.45, 7) is 3.30. The molecule has 7 heteroatoms. The summed E-state index contributed by atoms with van der Waals surface area (Å²) in [7, 11) is 0. The minimum absolute atomic E-state index is 0.154. The first-order valence-corrected chi connectivity index (χ1v) is 7.61. The molecule has 106 valence electrons. The van der Waals surface area contributed by atoms with Gasteiger partial charge in [0.15, 0.2) is 0 Å². The Morgan fingerprint density at radius 2 is 2.30 bits per heavy atom. The Bertz CT molecular complexity index is 561. The van der Waals surface area contributed by atoms with Crippen molar-refractivity contribution in [3.05, 3.63) is 22.7 Å². The summed E-state index contributed by atoms with van der Waals surface area (Å²) in [6.07, 6.45) is 0.922. The lowest BCUT2D eigenvalue weighted by molar-refractivity contribution is -0.131. The largest absolute Gasteiger partial charge is 0.340 e. The number of thiophene rings is 1. The molecule has 1 N–H and O–H groups in total. The summed E-state index contributed by atoms with van der Waals surface area (Å²) in [5.41, 5.74) is 0.957. The Kier molecular flexibility index (Phi) is 4.08. The highest BCUT2D eigenvalue weighted by molar-refractivity contribution is 7.08.